The maximum absolute atomic E-state index is 4.61. The van der Waals surface area contributed by atoms with E-state index in [1.165, 1.54) is 17.7 Å². The van der Waals surface area contributed by atoms with E-state index in [0.717, 1.165) is 33.0 Å². The Labute approximate surface area is 143 Å². The molecule has 1 saturated carbocycles. The predicted molar refractivity (Wildman–Crippen MR) is 92.7 cm³/mol. The molecule has 1 aliphatic rings. The molecular weight excluding hydrogens is 326 g/mol. The van der Waals surface area contributed by atoms with E-state index in [0.29, 0.717) is 6.04 Å². The van der Waals surface area contributed by atoms with Gasteiger partial charge in [-0.25, -0.2) is 4.98 Å². The third-order valence-corrected chi connectivity index (χ3v) is 6.12. The highest BCUT2D eigenvalue weighted by Gasteiger charge is 2.30. The summed E-state index contributed by atoms with van der Waals surface area (Å²) in [5.74, 6) is 1.80. The summed E-state index contributed by atoms with van der Waals surface area (Å²) in [5, 5.41) is 11.0. The molecule has 0 unspecified atom stereocenters. The number of aromatic nitrogens is 5. The van der Waals surface area contributed by atoms with E-state index in [-0.39, 0.29) is 0 Å². The fraction of sp³-hybridized carbons (Fsp3) is 0.375. The minimum absolute atomic E-state index is 0.537. The van der Waals surface area contributed by atoms with Gasteiger partial charge in [0.05, 0.1) is 11.4 Å². The average molecular weight is 343 g/mol. The van der Waals surface area contributed by atoms with Crippen LogP contribution in [0.1, 0.15) is 34.5 Å². The predicted octanol–water partition coefficient (Wildman–Crippen LogP) is 4.04. The van der Waals surface area contributed by atoms with Crippen molar-refractivity contribution in [2.45, 2.75) is 43.6 Å². The first kappa shape index (κ1) is 14.8. The highest BCUT2D eigenvalue weighted by Crippen LogP contribution is 2.41. The van der Waals surface area contributed by atoms with Crippen molar-refractivity contribution in [1.29, 1.82) is 0 Å². The zero-order valence-corrected chi connectivity index (χ0v) is 14.7. The molecule has 3 aromatic rings. The van der Waals surface area contributed by atoms with E-state index in [1.807, 2.05) is 12.1 Å². The van der Waals surface area contributed by atoms with E-state index in [4.69, 9.17) is 0 Å². The number of thiazole rings is 1. The van der Waals surface area contributed by atoms with E-state index in [9.17, 15) is 0 Å². The van der Waals surface area contributed by atoms with Crippen molar-refractivity contribution in [3.63, 3.8) is 0 Å². The van der Waals surface area contributed by atoms with Crippen LogP contribution in [0.15, 0.2) is 29.7 Å². The highest BCUT2D eigenvalue weighted by atomic mass is 32.2. The summed E-state index contributed by atoms with van der Waals surface area (Å²) in [4.78, 5) is 9.99. The van der Waals surface area contributed by atoms with E-state index in [1.54, 1.807) is 35.5 Å². The molecule has 0 aliphatic heterocycles. The van der Waals surface area contributed by atoms with Gasteiger partial charge in [-0.3, -0.25) is 9.55 Å². The Morgan fingerprint density at radius 1 is 1.22 bits per heavy atom. The number of thioether (sulfide) groups is 1. The second-order valence-electron chi connectivity index (χ2n) is 5.68. The Hall–Kier alpha value is -1.73. The number of nitrogens with zero attached hydrogens (tertiary/aromatic N) is 5. The molecule has 0 bridgehead atoms. The molecule has 1 fully saturated rings. The normalized spacial score (nSPS) is 14.3. The molecule has 5 nitrogen and oxygen atoms in total. The molecule has 118 valence electrons. The van der Waals surface area contributed by atoms with Gasteiger partial charge in [-0.2, -0.15) is 0 Å². The Morgan fingerprint density at radius 3 is 2.65 bits per heavy atom. The summed E-state index contributed by atoms with van der Waals surface area (Å²) >= 11 is 3.50. The van der Waals surface area contributed by atoms with Crippen molar-refractivity contribution in [3.05, 3.63) is 40.1 Å². The van der Waals surface area contributed by atoms with Gasteiger partial charge in [-0.05, 0) is 38.8 Å². The molecule has 0 N–H and O–H groups in total. The van der Waals surface area contributed by atoms with Gasteiger partial charge in [0.15, 0.2) is 11.0 Å². The lowest BCUT2D eigenvalue weighted by Gasteiger charge is -2.08. The SMILES string of the molecule is Cc1nc(CSc2nnc(-c3ccncc3)n2C2CC2)sc1C. The van der Waals surface area contributed by atoms with Crippen molar-refractivity contribution in [2.24, 2.45) is 0 Å². The molecule has 3 aromatic heterocycles. The summed E-state index contributed by atoms with van der Waals surface area (Å²) in [6, 6.07) is 4.52. The number of aryl methyl sites for hydroxylation is 2. The Balaban J connectivity index is 1.60. The van der Waals surface area contributed by atoms with E-state index < -0.39 is 0 Å². The van der Waals surface area contributed by atoms with Gasteiger partial charge in [0.2, 0.25) is 0 Å². The smallest absolute Gasteiger partial charge is 0.192 e. The van der Waals surface area contributed by atoms with Crippen LogP contribution in [0.4, 0.5) is 0 Å². The average Bonchev–Trinajstić information content (AvgIpc) is 3.24. The zero-order chi connectivity index (χ0) is 15.8. The molecule has 0 atom stereocenters. The summed E-state index contributed by atoms with van der Waals surface area (Å²) in [6.07, 6.45) is 6.02. The molecule has 7 heteroatoms. The first-order valence-electron chi connectivity index (χ1n) is 7.63. The zero-order valence-electron chi connectivity index (χ0n) is 13.1. The molecule has 0 radical (unpaired) electrons. The molecule has 0 saturated heterocycles. The molecule has 0 spiro atoms. The van der Waals surface area contributed by atoms with Crippen molar-refractivity contribution >= 4 is 23.1 Å². The van der Waals surface area contributed by atoms with Gasteiger partial charge in [0.1, 0.15) is 5.01 Å². The van der Waals surface area contributed by atoms with Gasteiger partial charge < -0.3 is 0 Å². The minimum atomic E-state index is 0.537. The highest BCUT2D eigenvalue weighted by molar-refractivity contribution is 7.98. The lowest BCUT2D eigenvalue weighted by molar-refractivity contribution is 0.669. The molecule has 4 rings (SSSR count). The quantitative estimate of drug-likeness (QED) is 0.654. The maximum Gasteiger partial charge on any atom is 0.192 e. The van der Waals surface area contributed by atoms with Crippen molar-refractivity contribution in [2.75, 3.05) is 0 Å². The maximum atomic E-state index is 4.61. The van der Waals surface area contributed by atoms with E-state index >= 15 is 0 Å². The number of hydrogen-bond donors (Lipinski definition) is 0. The second-order valence-corrected chi connectivity index (χ2v) is 7.91. The number of pyridine rings is 1. The van der Waals surface area contributed by atoms with E-state index in [2.05, 4.69) is 38.6 Å². The van der Waals surface area contributed by atoms with Crippen LogP contribution in [0.5, 0.6) is 0 Å². The Morgan fingerprint density at radius 2 is 2.00 bits per heavy atom. The van der Waals surface area contributed by atoms with Crippen molar-refractivity contribution in [3.8, 4) is 11.4 Å². The van der Waals surface area contributed by atoms with Crippen LogP contribution in [0.3, 0.4) is 0 Å². The molecule has 3 heterocycles. The molecule has 0 amide bonds. The minimum Gasteiger partial charge on any atom is -0.299 e. The van der Waals surface area contributed by atoms with Crippen LogP contribution in [-0.4, -0.2) is 24.7 Å². The van der Waals surface area contributed by atoms with Crippen molar-refractivity contribution < 1.29 is 0 Å². The van der Waals surface area contributed by atoms with Crippen LogP contribution in [0, 0.1) is 13.8 Å². The monoisotopic (exact) mass is 343 g/mol. The summed E-state index contributed by atoms with van der Waals surface area (Å²) in [6.45, 7) is 4.18. The van der Waals surface area contributed by atoms with Gasteiger partial charge in [0.25, 0.3) is 0 Å². The lowest BCUT2D eigenvalue weighted by Crippen LogP contribution is -1.99. The topological polar surface area (TPSA) is 56.5 Å². The number of hydrogen-bond acceptors (Lipinski definition) is 6. The fourth-order valence-electron chi connectivity index (χ4n) is 2.46. The summed E-state index contributed by atoms with van der Waals surface area (Å²) in [7, 11) is 0. The van der Waals surface area contributed by atoms with Crippen LogP contribution in [0.25, 0.3) is 11.4 Å². The van der Waals surface area contributed by atoms with Crippen LogP contribution < -0.4 is 0 Å². The van der Waals surface area contributed by atoms with Crippen LogP contribution in [0.2, 0.25) is 0 Å². The van der Waals surface area contributed by atoms with Gasteiger partial charge in [-0.15, -0.1) is 21.5 Å². The van der Waals surface area contributed by atoms with Gasteiger partial charge in [0, 0.05) is 28.9 Å². The fourth-order valence-corrected chi connectivity index (χ4v) is 4.39. The molecule has 0 aromatic carbocycles. The third kappa shape index (κ3) is 3.03. The standard InChI is InChI=1S/C16H17N5S2/c1-10-11(2)23-14(18-10)9-22-16-20-19-15(21(16)13-3-4-13)12-5-7-17-8-6-12/h5-8,13H,3-4,9H2,1-2H3. The Bertz CT molecular complexity index is 801. The number of rotatable bonds is 5. The third-order valence-electron chi connectivity index (χ3n) is 3.91. The first-order valence-corrected chi connectivity index (χ1v) is 9.43. The summed E-state index contributed by atoms with van der Waals surface area (Å²) in [5.41, 5.74) is 2.21. The van der Waals surface area contributed by atoms with Gasteiger partial charge >= 0.3 is 0 Å². The molecule has 23 heavy (non-hydrogen) atoms. The van der Waals surface area contributed by atoms with Crippen molar-refractivity contribution in [1.82, 2.24) is 24.7 Å². The molecule has 1 aliphatic carbocycles. The first-order chi connectivity index (χ1) is 11.2. The largest absolute Gasteiger partial charge is 0.299 e. The Kier molecular flexibility index (Phi) is 3.90. The molecular formula is C16H17N5S2. The van der Waals surface area contributed by atoms with Crippen LogP contribution >= 0.6 is 23.1 Å². The summed E-state index contributed by atoms with van der Waals surface area (Å²) < 4.78 is 2.29. The van der Waals surface area contributed by atoms with Gasteiger partial charge in [-0.1, -0.05) is 11.8 Å². The van der Waals surface area contributed by atoms with Crippen LogP contribution in [-0.2, 0) is 5.75 Å². The second kappa shape index (κ2) is 6.05. The lowest BCUT2D eigenvalue weighted by atomic mass is 10.2.